The summed E-state index contributed by atoms with van der Waals surface area (Å²) in [6.07, 6.45) is 3.53. The van der Waals surface area contributed by atoms with Gasteiger partial charge in [-0.05, 0) is 31.0 Å². The van der Waals surface area contributed by atoms with Crippen LogP contribution in [0.4, 0.5) is 0 Å². The van der Waals surface area contributed by atoms with Gasteiger partial charge in [0.1, 0.15) is 17.3 Å². The zero-order valence-corrected chi connectivity index (χ0v) is 19.8. The van der Waals surface area contributed by atoms with Crippen LogP contribution in [0.15, 0.2) is 42.0 Å². The molecule has 1 heterocycles. The Labute approximate surface area is 198 Å². The number of hydrogen-bond acceptors (Lipinski definition) is 7. The summed E-state index contributed by atoms with van der Waals surface area (Å²) in [5, 5.41) is 11.5. The van der Waals surface area contributed by atoms with Gasteiger partial charge in [0.25, 0.3) is 11.7 Å². The highest BCUT2D eigenvalue weighted by Gasteiger charge is 2.50. The first-order valence-electron chi connectivity index (χ1n) is 11.2. The molecule has 1 aliphatic heterocycles. The lowest BCUT2D eigenvalue weighted by Crippen LogP contribution is -2.37. The maximum atomic E-state index is 13.4. The van der Waals surface area contributed by atoms with Gasteiger partial charge in [-0.15, -0.1) is 0 Å². The number of ether oxygens (including phenoxy) is 4. The lowest BCUT2D eigenvalue weighted by molar-refractivity contribution is -0.141. The maximum Gasteiger partial charge on any atom is 0.295 e. The summed E-state index contributed by atoms with van der Waals surface area (Å²) >= 11 is 0. The summed E-state index contributed by atoms with van der Waals surface area (Å²) < 4.78 is 21.8. The lowest BCUT2D eigenvalue weighted by atomic mass is 9.93. The number of nitrogens with zero attached hydrogens (tertiary/aromatic N) is 1. The predicted octanol–water partition coefficient (Wildman–Crippen LogP) is 4.09. The van der Waals surface area contributed by atoms with Crippen molar-refractivity contribution in [3.8, 4) is 23.0 Å². The van der Waals surface area contributed by atoms with Crippen molar-refractivity contribution in [2.45, 2.75) is 37.8 Å². The van der Waals surface area contributed by atoms with Gasteiger partial charge in [-0.1, -0.05) is 25.0 Å². The molecule has 1 saturated heterocycles. The molecule has 2 aliphatic rings. The highest BCUT2D eigenvalue weighted by atomic mass is 16.5. The van der Waals surface area contributed by atoms with Gasteiger partial charge in [-0.2, -0.15) is 0 Å². The topological polar surface area (TPSA) is 94.5 Å². The van der Waals surface area contributed by atoms with Gasteiger partial charge in [-0.25, -0.2) is 0 Å². The molecule has 1 aliphatic carbocycles. The number of ketones is 1. The van der Waals surface area contributed by atoms with Crippen molar-refractivity contribution in [1.82, 2.24) is 4.90 Å². The molecule has 1 amide bonds. The molecule has 2 aromatic rings. The molecule has 1 N–H and O–H groups in total. The number of rotatable bonds is 7. The van der Waals surface area contributed by atoms with E-state index in [-0.39, 0.29) is 17.4 Å². The summed E-state index contributed by atoms with van der Waals surface area (Å²) in [7, 11) is 6.02. The van der Waals surface area contributed by atoms with Crippen molar-refractivity contribution < 1.29 is 33.6 Å². The fourth-order valence-electron chi connectivity index (χ4n) is 4.98. The van der Waals surface area contributed by atoms with Crippen LogP contribution in [-0.2, 0) is 9.59 Å². The molecule has 0 bridgehead atoms. The van der Waals surface area contributed by atoms with Crippen LogP contribution in [0.5, 0.6) is 23.0 Å². The van der Waals surface area contributed by atoms with Crippen LogP contribution in [-0.4, -0.2) is 56.2 Å². The molecule has 1 unspecified atom stereocenters. The standard InChI is InChI=1S/C26H29NO7/c1-31-16-12-13-17(20(14-16)33-3)23(28)21-22(18-10-7-11-19(32-2)25(18)34-4)27(26(30)24(21)29)15-8-5-6-9-15/h7,10-15,22,28H,5-6,8-9H2,1-4H3/b23-21-. The van der Waals surface area contributed by atoms with E-state index < -0.39 is 17.7 Å². The first-order chi connectivity index (χ1) is 16.5. The molecule has 1 saturated carbocycles. The number of likely N-dealkylation sites (tertiary alicyclic amines) is 1. The van der Waals surface area contributed by atoms with Crippen molar-refractivity contribution in [1.29, 1.82) is 0 Å². The minimum Gasteiger partial charge on any atom is -0.507 e. The Balaban J connectivity index is 1.97. The van der Waals surface area contributed by atoms with Crippen LogP contribution in [0.1, 0.15) is 42.9 Å². The SMILES string of the molecule is COc1ccc(/C(O)=C2/C(=O)C(=O)N(C3CCCC3)C2c2cccc(OC)c2OC)c(OC)c1. The Kier molecular flexibility index (Phi) is 6.68. The molecule has 180 valence electrons. The summed E-state index contributed by atoms with van der Waals surface area (Å²) in [6.45, 7) is 0. The summed E-state index contributed by atoms with van der Waals surface area (Å²) in [5.74, 6) is 0.0544. The molecule has 4 rings (SSSR count). The Morgan fingerprint density at radius 2 is 1.62 bits per heavy atom. The van der Waals surface area contributed by atoms with Gasteiger partial charge in [0.2, 0.25) is 0 Å². The van der Waals surface area contributed by atoms with Gasteiger partial charge >= 0.3 is 0 Å². The molecule has 1 atom stereocenters. The number of benzene rings is 2. The van der Waals surface area contributed by atoms with Gasteiger partial charge in [0.05, 0.1) is 45.6 Å². The van der Waals surface area contributed by atoms with Gasteiger partial charge in [0, 0.05) is 17.7 Å². The molecule has 8 nitrogen and oxygen atoms in total. The molecule has 0 radical (unpaired) electrons. The van der Waals surface area contributed by atoms with Crippen molar-refractivity contribution in [2.75, 3.05) is 28.4 Å². The number of carbonyl (C=O) groups is 2. The predicted molar refractivity (Wildman–Crippen MR) is 125 cm³/mol. The summed E-state index contributed by atoms with van der Waals surface area (Å²) in [6, 6.07) is 9.25. The van der Waals surface area contributed by atoms with E-state index in [0.29, 0.717) is 34.1 Å². The van der Waals surface area contributed by atoms with E-state index in [4.69, 9.17) is 18.9 Å². The van der Waals surface area contributed by atoms with Gasteiger partial charge in [0.15, 0.2) is 11.5 Å². The minimum atomic E-state index is -0.833. The van der Waals surface area contributed by atoms with Crippen molar-refractivity contribution in [3.63, 3.8) is 0 Å². The molecule has 2 fully saturated rings. The van der Waals surface area contributed by atoms with Gasteiger partial charge in [-0.3, -0.25) is 9.59 Å². The molecule has 0 spiro atoms. The van der Waals surface area contributed by atoms with E-state index in [1.807, 2.05) is 0 Å². The monoisotopic (exact) mass is 467 g/mol. The zero-order chi connectivity index (χ0) is 24.4. The van der Waals surface area contributed by atoms with E-state index in [1.54, 1.807) is 41.3 Å². The van der Waals surface area contributed by atoms with Crippen LogP contribution in [0, 0.1) is 0 Å². The summed E-state index contributed by atoms with van der Waals surface area (Å²) in [5.41, 5.74) is 0.855. The quantitative estimate of drug-likeness (QED) is 0.372. The van der Waals surface area contributed by atoms with Gasteiger partial charge < -0.3 is 29.0 Å². The molecule has 34 heavy (non-hydrogen) atoms. The van der Waals surface area contributed by atoms with E-state index in [0.717, 1.165) is 25.7 Å². The number of carbonyl (C=O) groups excluding carboxylic acids is 2. The number of methoxy groups -OCH3 is 4. The van der Waals surface area contributed by atoms with Crippen molar-refractivity contribution >= 4 is 17.4 Å². The Morgan fingerprint density at radius 1 is 0.912 bits per heavy atom. The molecular formula is C26H29NO7. The number of Topliss-reactive ketones (excluding diaryl/α,β-unsaturated/α-hetero) is 1. The molecule has 0 aromatic heterocycles. The zero-order valence-electron chi connectivity index (χ0n) is 19.8. The molecule has 2 aromatic carbocycles. The van der Waals surface area contributed by atoms with Crippen LogP contribution >= 0.6 is 0 Å². The number of para-hydroxylation sites is 1. The normalized spacial score (nSPS) is 20.0. The van der Waals surface area contributed by atoms with Crippen molar-refractivity contribution in [2.24, 2.45) is 0 Å². The van der Waals surface area contributed by atoms with Crippen molar-refractivity contribution in [3.05, 3.63) is 53.1 Å². The third-order valence-electron chi connectivity index (χ3n) is 6.59. The first-order valence-corrected chi connectivity index (χ1v) is 11.2. The smallest absolute Gasteiger partial charge is 0.295 e. The number of amides is 1. The highest BCUT2D eigenvalue weighted by Crippen LogP contribution is 2.48. The van der Waals surface area contributed by atoms with E-state index >= 15 is 0 Å². The van der Waals surface area contributed by atoms with E-state index in [9.17, 15) is 14.7 Å². The maximum absolute atomic E-state index is 13.4. The van der Waals surface area contributed by atoms with Crippen LogP contribution < -0.4 is 18.9 Å². The fourth-order valence-corrected chi connectivity index (χ4v) is 4.98. The minimum absolute atomic E-state index is 0.00748. The average Bonchev–Trinajstić information content (AvgIpc) is 3.49. The molecular weight excluding hydrogens is 438 g/mol. The van der Waals surface area contributed by atoms with E-state index in [2.05, 4.69) is 0 Å². The second-order valence-corrected chi connectivity index (χ2v) is 8.29. The number of hydrogen-bond donors (Lipinski definition) is 1. The summed E-state index contributed by atoms with van der Waals surface area (Å²) in [4.78, 5) is 28.3. The first kappa shape index (κ1) is 23.5. The van der Waals surface area contributed by atoms with Crippen LogP contribution in [0.25, 0.3) is 5.76 Å². The number of aliphatic hydroxyl groups is 1. The fraction of sp³-hybridized carbons (Fsp3) is 0.385. The third kappa shape index (κ3) is 3.83. The Hall–Kier alpha value is -3.68. The Bertz CT molecular complexity index is 1130. The second kappa shape index (κ2) is 9.67. The largest absolute Gasteiger partial charge is 0.507 e. The average molecular weight is 468 g/mol. The Morgan fingerprint density at radius 3 is 2.24 bits per heavy atom. The van der Waals surface area contributed by atoms with Crippen LogP contribution in [0.3, 0.4) is 0 Å². The number of aliphatic hydroxyl groups excluding tert-OH is 1. The lowest BCUT2D eigenvalue weighted by Gasteiger charge is -2.31. The molecule has 8 heteroatoms. The highest BCUT2D eigenvalue weighted by molar-refractivity contribution is 6.46. The second-order valence-electron chi connectivity index (χ2n) is 8.29. The third-order valence-corrected chi connectivity index (χ3v) is 6.59. The van der Waals surface area contributed by atoms with E-state index in [1.165, 1.54) is 28.4 Å². The van der Waals surface area contributed by atoms with Crippen LogP contribution in [0.2, 0.25) is 0 Å².